The maximum Gasteiger partial charge on any atom is 0.0553 e. The summed E-state index contributed by atoms with van der Waals surface area (Å²) in [5.41, 5.74) is 28.5. The average Bonchev–Trinajstić information content (AvgIpc) is 1.46. The summed E-state index contributed by atoms with van der Waals surface area (Å²) in [5.74, 6) is 0. The molecule has 0 bridgehead atoms. The zero-order valence-electron chi connectivity index (χ0n) is 65.7. The van der Waals surface area contributed by atoms with Gasteiger partial charge in [0.15, 0.2) is 0 Å². The molecule has 4 heteroatoms. The van der Waals surface area contributed by atoms with Gasteiger partial charge in [-0.05, 0) is 271 Å². The minimum Gasteiger partial charge on any atom is -0.311 e. The highest BCUT2D eigenvalue weighted by molar-refractivity contribution is 6.36. The van der Waals surface area contributed by atoms with E-state index in [-0.39, 0.29) is 0 Å². The van der Waals surface area contributed by atoms with Crippen LogP contribution in [0, 0.1) is 0 Å². The lowest BCUT2D eigenvalue weighted by atomic mass is 9.88. The standard InChI is InChI=1S/C64H42N2.C52H34N2/c1-6-16-43(17-7-1)49-38-50(44-18-8-2-9-19-44)40-51(39-49)47-31-35-58-60(41-47)66(54-24-14-5-15-25-54)61-42-48-27-26-46-30-34-56(57-36-37-59(64(58)61)63(48)62(46)57)45-28-32-55(33-29-45)65(52-20-10-3-11-21-52)53-22-12-4-13-23-53;1-5-13-35(14-6-1)38-26-30-46-48(33-38)54(42-19-11-4-12-20-42)49-34-39-22-21-37-25-29-44(45-31-32-47(52(46)49)51(39)50(37)45)36-23-27-43(28-24-36)53(40-15-7-2-8-16-40)41-17-9-3-10-18-41/h1-42H;1-34H. The van der Waals surface area contributed by atoms with E-state index in [4.69, 9.17) is 0 Å². The van der Waals surface area contributed by atoms with Crippen molar-refractivity contribution in [3.8, 4) is 78.1 Å². The lowest BCUT2D eigenvalue weighted by Gasteiger charge is -2.25. The summed E-state index contributed by atoms with van der Waals surface area (Å²) in [4.78, 5) is 4.63. The Labute approximate surface area is 695 Å². The second-order valence-corrected chi connectivity index (χ2v) is 31.4. The predicted molar refractivity (Wildman–Crippen MR) is 511 cm³/mol. The lowest BCUT2D eigenvalue weighted by molar-refractivity contribution is 1.18. The van der Waals surface area contributed by atoms with E-state index in [1.54, 1.807) is 0 Å². The van der Waals surface area contributed by atoms with Crippen molar-refractivity contribution in [1.29, 1.82) is 0 Å². The van der Waals surface area contributed by atoms with Crippen LogP contribution in [-0.4, -0.2) is 9.13 Å². The van der Waals surface area contributed by atoms with Crippen LogP contribution in [0.15, 0.2) is 461 Å². The first-order valence-electron chi connectivity index (χ1n) is 41.3. The normalized spacial score (nSPS) is 11.7. The molecule has 0 spiro atoms. The molecule has 0 aliphatic heterocycles. The van der Waals surface area contributed by atoms with Crippen LogP contribution in [0.3, 0.4) is 0 Å². The van der Waals surface area contributed by atoms with E-state index in [1.807, 2.05) is 0 Å². The Morgan fingerprint density at radius 1 is 0.142 bits per heavy atom. The van der Waals surface area contributed by atoms with E-state index >= 15 is 0 Å². The Morgan fingerprint density at radius 3 is 0.758 bits per heavy atom. The molecule has 0 aliphatic carbocycles. The summed E-state index contributed by atoms with van der Waals surface area (Å²) >= 11 is 0. The smallest absolute Gasteiger partial charge is 0.0553 e. The highest BCUT2D eigenvalue weighted by Crippen LogP contribution is 2.50. The Hall–Kier alpha value is -15.9. The summed E-state index contributed by atoms with van der Waals surface area (Å²) in [7, 11) is 0. The third kappa shape index (κ3) is 11.9. The van der Waals surface area contributed by atoms with Gasteiger partial charge in [0.05, 0.1) is 22.1 Å². The highest BCUT2D eigenvalue weighted by Gasteiger charge is 2.25. The Kier molecular flexibility index (Phi) is 16.9. The molecule has 560 valence electrons. The summed E-state index contributed by atoms with van der Waals surface area (Å²) in [6.45, 7) is 0. The molecule has 0 aliphatic rings. The van der Waals surface area contributed by atoms with Crippen LogP contribution < -0.4 is 9.80 Å². The van der Waals surface area contributed by atoms with E-state index in [1.165, 1.54) is 181 Å². The molecule has 0 saturated carbocycles. The second kappa shape index (κ2) is 29.1. The van der Waals surface area contributed by atoms with Crippen molar-refractivity contribution < 1.29 is 0 Å². The zero-order valence-corrected chi connectivity index (χ0v) is 65.7. The van der Waals surface area contributed by atoms with Crippen LogP contribution >= 0.6 is 0 Å². The first-order chi connectivity index (χ1) is 59.5. The molecule has 0 amide bonds. The lowest BCUT2D eigenvalue weighted by Crippen LogP contribution is -2.09. The van der Waals surface area contributed by atoms with E-state index < -0.39 is 0 Å². The fourth-order valence-electron chi connectivity index (χ4n) is 19.1. The van der Waals surface area contributed by atoms with Crippen LogP contribution in [0.5, 0.6) is 0 Å². The van der Waals surface area contributed by atoms with Gasteiger partial charge < -0.3 is 18.9 Å². The number of fused-ring (bicyclic) bond motifs is 8. The number of nitrogens with zero attached hydrogens (tertiary/aromatic N) is 4. The third-order valence-electron chi connectivity index (χ3n) is 24.6. The maximum atomic E-state index is 2.48. The van der Waals surface area contributed by atoms with Crippen molar-refractivity contribution in [1.82, 2.24) is 9.13 Å². The molecule has 0 N–H and O–H groups in total. The topological polar surface area (TPSA) is 16.3 Å². The molecule has 0 unspecified atom stereocenters. The number of anilines is 6. The molecule has 0 atom stereocenters. The minimum atomic E-state index is 1.12. The van der Waals surface area contributed by atoms with Crippen LogP contribution in [0.25, 0.3) is 186 Å². The number of hydrogen-bond donors (Lipinski definition) is 0. The van der Waals surface area contributed by atoms with Crippen molar-refractivity contribution in [3.05, 3.63) is 461 Å². The zero-order chi connectivity index (χ0) is 79.1. The van der Waals surface area contributed by atoms with Crippen molar-refractivity contribution in [2.24, 2.45) is 0 Å². The van der Waals surface area contributed by atoms with Gasteiger partial charge in [0, 0.05) is 67.0 Å². The molecular formula is C116H76N4. The van der Waals surface area contributed by atoms with Gasteiger partial charge in [0.2, 0.25) is 0 Å². The van der Waals surface area contributed by atoms with Crippen LogP contribution in [0.1, 0.15) is 0 Å². The van der Waals surface area contributed by atoms with E-state index in [2.05, 4.69) is 480 Å². The van der Waals surface area contributed by atoms with Gasteiger partial charge in [0.1, 0.15) is 0 Å². The second-order valence-electron chi connectivity index (χ2n) is 31.4. The maximum absolute atomic E-state index is 2.48. The fourth-order valence-corrected chi connectivity index (χ4v) is 19.1. The summed E-state index contributed by atoms with van der Waals surface area (Å²) in [6, 6.07) is 168. The van der Waals surface area contributed by atoms with Gasteiger partial charge in [-0.3, -0.25) is 0 Å². The van der Waals surface area contributed by atoms with Gasteiger partial charge in [-0.15, -0.1) is 0 Å². The number of hydrogen-bond acceptors (Lipinski definition) is 2. The molecule has 24 rings (SSSR count). The third-order valence-corrected chi connectivity index (χ3v) is 24.6. The van der Waals surface area contributed by atoms with Crippen molar-refractivity contribution in [2.75, 3.05) is 9.80 Å². The molecular weight excluding hydrogens is 1450 g/mol. The SMILES string of the molecule is c1ccc(-c2cc(-c3ccccc3)cc(-c3ccc4c5c6ccc7c(-c8ccc(N(c9ccccc9)c9ccccc9)cc8)ccc8ccc(cc5n(-c5ccccc5)c4c3)c6c87)c2)cc1.c1ccc(-c2ccc3c4c5ccc6c(-c7ccc(N(c8ccccc8)c8ccccc8)cc7)ccc7ccc(cc4n(-c4ccccc4)c3c2)c5c76)cc1. The number of aromatic nitrogens is 2. The van der Waals surface area contributed by atoms with Crippen molar-refractivity contribution in [2.45, 2.75) is 0 Å². The first-order valence-corrected chi connectivity index (χ1v) is 41.3. The van der Waals surface area contributed by atoms with Gasteiger partial charge in [-0.1, -0.05) is 322 Å². The largest absolute Gasteiger partial charge is 0.311 e. The molecule has 2 heterocycles. The van der Waals surface area contributed by atoms with E-state index in [9.17, 15) is 0 Å². The summed E-state index contributed by atoms with van der Waals surface area (Å²) in [6.07, 6.45) is 0. The van der Waals surface area contributed by atoms with Crippen molar-refractivity contribution in [3.63, 3.8) is 0 Å². The molecule has 0 saturated heterocycles. The monoisotopic (exact) mass is 1520 g/mol. The van der Waals surface area contributed by atoms with Crippen LogP contribution in [0.2, 0.25) is 0 Å². The molecule has 22 aromatic carbocycles. The van der Waals surface area contributed by atoms with E-state index in [0.29, 0.717) is 0 Å². The Balaban J connectivity index is 0.000000143. The van der Waals surface area contributed by atoms with Gasteiger partial charge in [-0.2, -0.15) is 0 Å². The molecule has 2 aromatic heterocycles. The Morgan fingerprint density at radius 2 is 0.400 bits per heavy atom. The molecule has 4 nitrogen and oxygen atoms in total. The minimum absolute atomic E-state index is 1.12. The molecule has 120 heavy (non-hydrogen) atoms. The first kappa shape index (κ1) is 69.6. The molecule has 24 aromatic rings. The summed E-state index contributed by atoms with van der Waals surface area (Å²) < 4.78 is 4.93. The quantitative estimate of drug-likeness (QED) is 0.101. The van der Waals surface area contributed by atoms with Crippen LogP contribution in [-0.2, 0) is 0 Å². The number of rotatable bonds is 14. The van der Waals surface area contributed by atoms with Gasteiger partial charge >= 0.3 is 0 Å². The highest BCUT2D eigenvalue weighted by atomic mass is 15.1. The average molecular weight is 1530 g/mol. The number of para-hydroxylation sites is 6. The fraction of sp³-hybridized carbons (Fsp3) is 0. The van der Waals surface area contributed by atoms with Gasteiger partial charge in [0.25, 0.3) is 0 Å². The van der Waals surface area contributed by atoms with Crippen molar-refractivity contribution >= 4 is 142 Å². The van der Waals surface area contributed by atoms with E-state index in [0.717, 1.165) is 39.8 Å². The molecule has 0 fully saturated rings. The summed E-state index contributed by atoms with van der Waals surface area (Å²) in [5, 5.41) is 20.5. The predicted octanol–water partition coefficient (Wildman–Crippen LogP) is 32.3. The number of benzene rings is 22. The Bertz CT molecular complexity index is 7800. The van der Waals surface area contributed by atoms with Crippen LogP contribution in [0.4, 0.5) is 34.1 Å². The van der Waals surface area contributed by atoms with Gasteiger partial charge in [-0.25, -0.2) is 0 Å². The molecule has 0 radical (unpaired) electrons.